The third-order valence-corrected chi connectivity index (χ3v) is 5.65. The van der Waals surface area contributed by atoms with E-state index in [1.54, 1.807) is 12.1 Å². The van der Waals surface area contributed by atoms with E-state index in [1.807, 2.05) is 65.6 Å². The van der Waals surface area contributed by atoms with E-state index in [0.29, 0.717) is 13.1 Å². The average Bonchev–Trinajstić information content (AvgIpc) is 2.86. The van der Waals surface area contributed by atoms with Gasteiger partial charge in [-0.15, -0.1) is 0 Å². The van der Waals surface area contributed by atoms with Crippen molar-refractivity contribution >= 4 is 17.5 Å². The number of ketones is 2. The maximum Gasteiger partial charge on any atom is 0.252 e. The molecule has 0 fully saturated rings. The number of fused-ring (bicyclic) bond motifs is 1. The number of allylic oxidation sites excluding steroid dienone is 2. The Morgan fingerprint density at radius 1 is 0.824 bits per heavy atom. The van der Waals surface area contributed by atoms with Crippen LogP contribution >= 0.6 is 0 Å². The van der Waals surface area contributed by atoms with Crippen LogP contribution in [-0.4, -0.2) is 53.0 Å². The molecule has 0 bridgehead atoms. The van der Waals surface area contributed by atoms with Gasteiger partial charge in [-0.1, -0.05) is 60.7 Å². The van der Waals surface area contributed by atoms with Crippen molar-refractivity contribution in [3.8, 4) is 0 Å². The summed E-state index contributed by atoms with van der Waals surface area (Å²) in [5.74, 6) is -1.24. The molecule has 0 unspecified atom stereocenters. The highest BCUT2D eigenvalue weighted by Crippen LogP contribution is 2.31. The van der Waals surface area contributed by atoms with Crippen LogP contribution in [0.3, 0.4) is 0 Å². The molecule has 1 aliphatic rings. The standard InChI is InChI=1S/C27H25N3O4/c1-29(22(31)18-34-2)24-25(27(33)23-21(26(24)32)14-9-15-28-23)30(16-19-10-5-3-6-11-19)17-20-12-7-4-8-13-20/h3-15H,16-18H2,1-2H3. The Morgan fingerprint density at radius 2 is 1.41 bits per heavy atom. The van der Waals surface area contributed by atoms with Crippen molar-refractivity contribution in [3.05, 3.63) is 113 Å². The average molecular weight is 456 g/mol. The number of hydrogen-bond acceptors (Lipinski definition) is 6. The van der Waals surface area contributed by atoms with Crippen LogP contribution in [0.2, 0.25) is 0 Å². The van der Waals surface area contributed by atoms with E-state index in [9.17, 15) is 14.4 Å². The predicted octanol–water partition coefficient (Wildman–Crippen LogP) is 3.48. The van der Waals surface area contributed by atoms with E-state index >= 15 is 0 Å². The molecule has 1 aliphatic carbocycles. The number of likely N-dealkylation sites (N-methyl/N-ethyl adjacent to an activating group) is 1. The van der Waals surface area contributed by atoms with Gasteiger partial charge < -0.3 is 14.5 Å². The van der Waals surface area contributed by atoms with Crippen molar-refractivity contribution in [2.24, 2.45) is 0 Å². The van der Waals surface area contributed by atoms with Gasteiger partial charge >= 0.3 is 0 Å². The van der Waals surface area contributed by atoms with Crippen LogP contribution < -0.4 is 0 Å². The lowest BCUT2D eigenvalue weighted by molar-refractivity contribution is -0.131. The number of amides is 1. The molecule has 172 valence electrons. The fourth-order valence-corrected chi connectivity index (χ4v) is 4.00. The van der Waals surface area contributed by atoms with Crippen LogP contribution in [0.25, 0.3) is 0 Å². The SMILES string of the molecule is COCC(=O)N(C)C1=C(N(Cc2ccccc2)Cc2ccccc2)C(=O)c2ncccc2C1=O. The van der Waals surface area contributed by atoms with Gasteiger partial charge in [0.1, 0.15) is 23.7 Å². The first-order valence-electron chi connectivity index (χ1n) is 10.9. The van der Waals surface area contributed by atoms with Gasteiger partial charge in [0, 0.05) is 33.4 Å². The molecule has 0 spiro atoms. The number of carbonyl (C=O) groups is 3. The van der Waals surface area contributed by atoms with Gasteiger partial charge in [-0.3, -0.25) is 19.4 Å². The number of Topliss-reactive ketones (excluding diaryl/α,β-unsaturated/α-hetero) is 2. The normalized spacial score (nSPS) is 13.0. The summed E-state index contributed by atoms with van der Waals surface area (Å²) in [5.41, 5.74) is 2.37. The van der Waals surface area contributed by atoms with Crippen LogP contribution in [0.1, 0.15) is 32.0 Å². The van der Waals surface area contributed by atoms with E-state index in [2.05, 4.69) is 4.98 Å². The van der Waals surface area contributed by atoms with Crippen molar-refractivity contribution in [3.63, 3.8) is 0 Å². The molecule has 34 heavy (non-hydrogen) atoms. The van der Waals surface area contributed by atoms with Gasteiger partial charge in [-0.25, -0.2) is 0 Å². The van der Waals surface area contributed by atoms with E-state index in [-0.39, 0.29) is 29.3 Å². The number of benzene rings is 2. The molecule has 1 amide bonds. The largest absolute Gasteiger partial charge is 0.375 e. The summed E-state index contributed by atoms with van der Waals surface area (Å²) < 4.78 is 5.00. The molecular formula is C27H25N3O4. The second-order valence-electron chi connectivity index (χ2n) is 7.97. The van der Waals surface area contributed by atoms with Gasteiger partial charge in [-0.05, 0) is 23.3 Å². The molecular weight excluding hydrogens is 430 g/mol. The summed E-state index contributed by atoms with van der Waals surface area (Å²) in [6, 6.07) is 22.5. The summed E-state index contributed by atoms with van der Waals surface area (Å²) in [7, 11) is 2.90. The molecule has 4 rings (SSSR count). The third kappa shape index (κ3) is 4.65. The quantitative estimate of drug-likeness (QED) is 0.517. The number of rotatable bonds is 8. The smallest absolute Gasteiger partial charge is 0.252 e. The molecule has 0 saturated heterocycles. The van der Waals surface area contributed by atoms with Crippen molar-refractivity contribution in [2.45, 2.75) is 13.1 Å². The van der Waals surface area contributed by atoms with Gasteiger partial charge in [0.2, 0.25) is 11.6 Å². The zero-order valence-electron chi connectivity index (χ0n) is 19.1. The molecule has 0 atom stereocenters. The molecule has 0 radical (unpaired) electrons. The predicted molar refractivity (Wildman–Crippen MR) is 127 cm³/mol. The van der Waals surface area contributed by atoms with E-state index < -0.39 is 17.5 Å². The Bertz CT molecular complexity index is 1200. The molecule has 7 nitrogen and oxygen atoms in total. The van der Waals surface area contributed by atoms with Gasteiger partial charge in [0.05, 0.1) is 5.56 Å². The van der Waals surface area contributed by atoms with Gasteiger partial charge in [0.25, 0.3) is 5.91 Å². The van der Waals surface area contributed by atoms with Crippen molar-refractivity contribution in [1.82, 2.24) is 14.8 Å². The molecule has 3 aromatic rings. The van der Waals surface area contributed by atoms with Gasteiger partial charge in [0.15, 0.2) is 0 Å². The minimum absolute atomic E-state index is 0.0272. The lowest BCUT2D eigenvalue weighted by Gasteiger charge is -2.34. The Hall–Kier alpha value is -4.10. The zero-order valence-corrected chi connectivity index (χ0v) is 19.1. The summed E-state index contributed by atoms with van der Waals surface area (Å²) in [6.07, 6.45) is 1.49. The summed E-state index contributed by atoms with van der Waals surface area (Å²) >= 11 is 0. The highest BCUT2D eigenvalue weighted by Gasteiger charge is 2.39. The zero-order chi connectivity index (χ0) is 24.1. The maximum absolute atomic E-state index is 13.8. The van der Waals surface area contributed by atoms with Crippen molar-refractivity contribution in [2.75, 3.05) is 20.8 Å². The fraction of sp³-hybridized carbons (Fsp3) is 0.185. The van der Waals surface area contributed by atoms with Gasteiger partial charge in [-0.2, -0.15) is 0 Å². The number of pyridine rings is 1. The summed E-state index contributed by atoms with van der Waals surface area (Å²) in [5, 5.41) is 0. The summed E-state index contributed by atoms with van der Waals surface area (Å²) in [4.78, 5) is 47.5. The van der Waals surface area contributed by atoms with Crippen LogP contribution in [-0.2, 0) is 22.6 Å². The molecule has 0 aliphatic heterocycles. The van der Waals surface area contributed by atoms with Crippen LogP contribution in [0, 0.1) is 0 Å². The second kappa shape index (κ2) is 10.2. The Morgan fingerprint density at radius 3 is 1.97 bits per heavy atom. The van der Waals surface area contributed by atoms with Crippen molar-refractivity contribution in [1.29, 1.82) is 0 Å². The van der Waals surface area contributed by atoms with Crippen LogP contribution in [0.4, 0.5) is 0 Å². The number of methoxy groups -OCH3 is 1. The number of nitrogens with zero attached hydrogens (tertiary/aromatic N) is 3. The lowest BCUT2D eigenvalue weighted by Crippen LogP contribution is -2.42. The van der Waals surface area contributed by atoms with E-state index in [0.717, 1.165) is 11.1 Å². The lowest BCUT2D eigenvalue weighted by atomic mass is 9.92. The first-order valence-corrected chi connectivity index (χ1v) is 10.9. The third-order valence-electron chi connectivity index (χ3n) is 5.65. The first kappa shape index (κ1) is 23.1. The molecule has 0 saturated carbocycles. The molecule has 2 aromatic carbocycles. The minimum Gasteiger partial charge on any atom is -0.375 e. The van der Waals surface area contributed by atoms with Crippen LogP contribution in [0.5, 0.6) is 0 Å². The van der Waals surface area contributed by atoms with Crippen LogP contribution in [0.15, 0.2) is 90.4 Å². The first-order chi connectivity index (χ1) is 16.5. The highest BCUT2D eigenvalue weighted by molar-refractivity contribution is 6.26. The number of aromatic nitrogens is 1. The van der Waals surface area contributed by atoms with E-state index in [4.69, 9.17) is 4.74 Å². The Labute approximate surface area is 198 Å². The molecule has 1 heterocycles. The highest BCUT2D eigenvalue weighted by atomic mass is 16.5. The maximum atomic E-state index is 13.8. The number of carbonyl (C=O) groups excluding carboxylic acids is 3. The number of hydrogen-bond donors (Lipinski definition) is 0. The number of ether oxygens (including phenoxy) is 1. The minimum atomic E-state index is -0.428. The van der Waals surface area contributed by atoms with Crippen molar-refractivity contribution < 1.29 is 19.1 Å². The monoisotopic (exact) mass is 455 g/mol. The molecule has 0 N–H and O–H groups in total. The topological polar surface area (TPSA) is 79.8 Å². The summed E-state index contributed by atoms with van der Waals surface area (Å²) in [6.45, 7) is 0.510. The second-order valence-corrected chi connectivity index (χ2v) is 7.97. The molecule has 1 aromatic heterocycles. The Balaban J connectivity index is 1.89. The fourth-order valence-electron chi connectivity index (χ4n) is 4.00. The Kier molecular flexibility index (Phi) is 6.94. The molecule has 7 heteroatoms. The van der Waals surface area contributed by atoms with E-state index in [1.165, 1.54) is 25.3 Å².